The minimum Gasteiger partial charge on any atom is -0.330 e. The minimum atomic E-state index is -3.12. The lowest BCUT2D eigenvalue weighted by Crippen LogP contribution is -2.21. The third-order valence-electron chi connectivity index (χ3n) is 2.66. The van der Waals surface area contributed by atoms with Gasteiger partial charge in [-0.3, -0.25) is 0 Å². The maximum Gasteiger partial charge on any atom is 0.178 e. The van der Waals surface area contributed by atoms with Crippen LogP contribution in [0.25, 0.3) is 0 Å². The van der Waals surface area contributed by atoms with Crippen LogP contribution in [0.5, 0.6) is 0 Å². The number of hydrogen-bond donors (Lipinski definition) is 2. The van der Waals surface area contributed by atoms with Crippen molar-refractivity contribution in [3.63, 3.8) is 0 Å². The van der Waals surface area contributed by atoms with Crippen LogP contribution in [0.3, 0.4) is 0 Å². The van der Waals surface area contributed by atoms with Crippen molar-refractivity contribution in [1.82, 2.24) is 0 Å². The Bertz CT molecular complexity index is 422. The van der Waals surface area contributed by atoms with Crippen molar-refractivity contribution in [2.75, 3.05) is 18.8 Å². The molecule has 0 bridgehead atoms. The van der Waals surface area contributed by atoms with Gasteiger partial charge in [0.25, 0.3) is 0 Å². The van der Waals surface area contributed by atoms with E-state index in [1.165, 1.54) is 0 Å². The molecule has 0 atom stereocenters. The van der Waals surface area contributed by atoms with E-state index in [9.17, 15) is 8.42 Å². The molecule has 0 spiro atoms. The van der Waals surface area contributed by atoms with Gasteiger partial charge >= 0.3 is 0 Å². The Kier molecular flexibility index (Phi) is 4.46. The highest BCUT2D eigenvalue weighted by Gasteiger charge is 2.12. The summed E-state index contributed by atoms with van der Waals surface area (Å²) in [6.07, 6.45) is 0. The van der Waals surface area contributed by atoms with Gasteiger partial charge in [-0.25, -0.2) is 8.42 Å². The molecule has 4 N–H and O–H groups in total. The van der Waals surface area contributed by atoms with E-state index in [-0.39, 0.29) is 11.7 Å². The van der Waals surface area contributed by atoms with Gasteiger partial charge in [0, 0.05) is 19.0 Å². The lowest BCUT2D eigenvalue weighted by Gasteiger charge is -2.12. The SMILES string of the molecule is CCS(=O)(=O)c1ccc(C(CN)CN)cc1. The van der Waals surface area contributed by atoms with Gasteiger partial charge in [0.05, 0.1) is 10.6 Å². The third-order valence-corrected chi connectivity index (χ3v) is 4.41. The van der Waals surface area contributed by atoms with E-state index >= 15 is 0 Å². The van der Waals surface area contributed by atoms with Gasteiger partial charge in [-0.2, -0.15) is 0 Å². The molecule has 0 amide bonds. The standard InChI is InChI=1S/C11H18N2O2S/c1-2-16(14,15)11-5-3-9(4-6-11)10(7-12)8-13/h3-6,10H,2,7-8,12-13H2,1H3. The lowest BCUT2D eigenvalue weighted by atomic mass is 10.00. The highest BCUT2D eigenvalue weighted by Crippen LogP contribution is 2.17. The molecule has 0 heterocycles. The van der Waals surface area contributed by atoms with E-state index in [1.54, 1.807) is 31.2 Å². The first kappa shape index (κ1) is 13.2. The van der Waals surface area contributed by atoms with E-state index in [0.29, 0.717) is 18.0 Å². The first-order chi connectivity index (χ1) is 7.55. The summed E-state index contributed by atoms with van der Waals surface area (Å²) in [5.41, 5.74) is 12.1. The van der Waals surface area contributed by atoms with Gasteiger partial charge in [0.2, 0.25) is 0 Å². The second kappa shape index (κ2) is 5.43. The van der Waals surface area contributed by atoms with Gasteiger partial charge in [0.1, 0.15) is 0 Å². The average Bonchev–Trinajstić information content (AvgIpc) is 2.31. The molecule has 0 saturated carbocycles. The van der Waals surface area contributed by atoms with Crippen LogP contribution in [0.4, 0.5) is 0 Å². The van der Waals surface area contributed by atoms with Crippen molar-refractivity contribution in [3.05, 3.63) is 29.8 Å². The van der Waals surface area contributed by atoms with Crippen molar-refractivity contribution in [3.8, 4) is 0 Å². The molecule has 0 aliphatic rings. The predicted octanol–water partition coefficient (Wildman–Crippen LogP) is 0.481. The molecular weight excluding hydrogens is 224 g/mol. The molecule has 5 heteroatoms. The number of nitrogens with two attached hydrogens (primary N) is 2. The van der Waals surface area contributed by atoms with Crippen LogP contribution in [-0.4, -0.2) is 27.3 Å². The van der Waals surface area contributed by atoms with Gasteiger partial charge in [-0.1, -0.05) is 19.1 Å². The third kappa shape index (κ3) is 2.81. The van der Waals surface area contributed by atoms with Crippen LogP contribution >= 0.6 is 0 Å². The molecule has 1 aromatic rings. The molecule has 4 nitrogen and oxygen atoms in total. The highest BCUT2D eigenvalue weighted by atomic mass is 32.2. The monoisotopic (exact) mass is 242 g/mol. The van der Waals surface area contributed by atoms with Gasteiger partial charge < -0.3 is 11.5 Å². The quantitative estimate of drug-likeness (QED) is 0.786. The molecule has 16 heavy (non-hydrogen) atoms. The topological polar surface area (TPSA) is 86.2 Å². The maximum atomic E-state index is 11.6. The largest absolute Gasteiger partial charge is 0.330 e. The predicted molar refractivity (Wildman–Crippen MR) is 65.0 cm³/mol. The van der Waals surface area contributed by atoms with E-state index in [4.69, 9.17) is 11.5 Å². The van der Waals surface area contributed by atoms with Gasteiger partial charge in [-0.15, -0.1) is 0 Å². The number of hydrogen-bond acceptors (Lipinski definition) is 4. The molecule has 0 aliphatic carbocycles. The van der Waals surface area contributed by atoms with E-state index in [0.717, 1.165) is 5.56 Å². The first-order valence-electron chi connectivity index (χ1n) is 5.28. The molecule has 0 saturated heterocycles. The Morgan fingerprint density at radius 1 is 1.12 bits per heavy atom. The second-order valence-electron chi connectivity index (χ2n) is 3.64. The Labute approximate surface area is 96.6 Å². The maximum absolute atomic E-state index is 11.6. The summed E-state index contributed by atoms with van der Waals surface area (Å²) in [7, 11) is -3.12. The molecule has 0 radical (unpaired) electrons. The van der Waals surface area contributed by atoms with Crippen molar-refractivity contribution in [2.45, 2.75) is 17.7 Å². The second-order valence-corrected chi connectivity index (χ2v) is 5.92. The Hall–Kier alpha value is -0.910. The zero-order valence-corrected chi connectivity index (χ0v) is 10.2. The normalized spacial score (nSPS) is 12.0. The van der Waals surface area contributed by atoms with E-state index in [1.807, 2.05) is 0 Å². The van der Waals surface area contributed by atoms with Crippen molar-refractivity contribution in [1.29, 1.82) is 0 Å². The molecule has 0 aromatic heterocycles. The van der Waals surface area contributed by atoms with Crippen molar-refractivity contribution >= 4 is 9.84 Å². The fraction of sp³-hybridized carbons (Fsp3) is 0.455. The summed E-state index contributed by atoms with van der Waals surface area (Å²) in [4.78, 5) is 0.353. The van der Waals surface area contributed by atoms with Crippen LogP contribution in [0.15, 0.2) is 29.2 Å². The number of benzene rings is 1. The molecule has 90 valence electrons. The van der Waals surface area contributed by atoms with E-state index in [2.05, 4.69) is 0 Å². The molecule has 0 unspecified atom stereocenters. The lowest BCUT2D eigenvalue weighted by molar-refractivity contribution is 0.597. The minimum absolute atomic E-state index is 0.0957. The van der Waals surface area contributed by atoms with Crippen LogP contribution in [0, 0.1) is 0 Å². The number of sulfone groups is 1. The Morgan fingerprint density at radius 2 is 1.62 bits per heavy atom. The number of rotatable bonds is 5. The Morgan fingerprint density at radius 3 is 2.00 bits per heavy atom. The molecule has 1 rings (SSSR count). The van der Waals surface area contributed by atoms with Crippen LogP contribution in [0.2, 0.25) is 0 Å². The average molecular weight is 242 g/mol. The molecular formula is C11H18N2O2S. The summed E-state index contributed by atoms with van der Waals surface area (Å²) in [6.45, 7) is 2.57. The zero-order chi connectivity index (χ0) is 12.2. The fourth-order valence-electron chi connectivity index (χ4n) is 1.48. The zero-order valence-electron chi connectivity index (χ0n) is 9.39. The fourth-order valence-corrected chi connectivity index (χ4v) is 2.37. The smallest absolute Gasteiger partial charge is 0.178 e. The van der Waals surface area contributed by atoms with E-state index < -0.39 is 9.84 Å². The summed E-state index contributed by atoms with van der Waals surface area (Å²) in [6, 6.07) is 6.80. The van der Waals surface area contributed by atoms with Crippen molar-refractivity contribution in [2.24, 2.45) is 11.5 Å². The Balaban J connectivity index is 3.00. The van der Waals surface area contributed by atoms with Gasteiger partial charge in [-0.05, 0) is 17.7 Å². The van der Waals surface area contributed by atoms with Crippen LogP contribution < -0.4 is 11.5 Å². The molecule has 1 aromatic carbocycles. The van der Waals surface area contributed by atoms with Crippen LogP contribution in [-0.2, 0) is 9.84 Å². The van der Waals surface area contributed by atoms with Crippen LogP contribution in [0.1, 0.15) is 18.4 Å². The molecule has 0 fully saturated rings. The molecule has 0 aliphatic heterocycles. The first-order valence-corrected chi connectivity index (χ1v) is 6.93. The summed E-state index contributed by atoms with van der Waals surface area (Å²) < 4.78 is 23.1. The highest BCUT2D eigenvalue weighted by molar-refractivity contribution is 7.91. The summed E-state index contributed by atoms with van der Waals surface area (Å²) in [5.74, 6) is 0.210. The van der Waals surface area contributed by atoms with Crippen molar-refractivity contribution < 1.29 is 8.42 Å². The summed E-state index contributed by atoms with van der Waals surface area (Å²) in [5, 5.41) is 0. The van der Waals surface area contributed by atoms with Gasteiger partial charge in [0.15, 0.2) is 9.84 Å². The summed E-state index contributed by atoms with van der Waals surface area (Å²) >= 11 is 0.